The summed E-state index contributed by atoms with van der Waals surface area (Å²) in [6.07, 6.45) is -0.303. The van der Waals surface area contributed by atoms with Crippen LogP contribution in [0.2, 0.25) is 18.1 Å². The first-order chi connectivity index (χ1) is 9.54. The van der Waals surface area contributed by atoms with Crippen LogP contribution < -0.4 is 0 Å². The average molecular weight is 334 g/mol. The lowest BCUT2D eigenvalue weighted by molar-refractivity contribution is -0.109. The Bertz CT molecular complexity index is 395. The topological polar surface area (TPSA) is 55.8 Å². The molecule has 0 saturated carbocycles. The maximum Gasteiger partial charge on any atom is 0.410 e. The SMILES string of the molecule is CC(=O)SCCN1C(=O)OC[C@@H]1CO[Si](C)(C)C(C)(C)C. The number of ether oxygens (including phenoxy) is 1. The predicted octanol–water partition coefficient (Wildman–Crippen LogP) is 3.11. The molecule has 1 aliphatic rings. The molecule has 0 aromatic heterocycles. The normalized spacial score (nSPS) is 19.8. The number of thioether (sulfide) groups is 1. The highest BCUT2D eigenvalue weighted by molar-refractivity contribution is 8.13. The van der Waals surface area contributed by atoms with Gasteiger partial charge in [0.1, 0.15) is 6.61 Å². The number of hydrogen-bond acceptors (Lipinski definition) is 5. The van der Waals surface area contributed by atoms with Gasteiger partial charge in [0.05, 0.1) is 12.6 Å². The number of carbonyl (C=O) groups excluding carboxylic acids is 2. The molecule has 0 aromatic carbocycles. The summed E-state index contributed by atoms with van der Waals surface area (Å²) in [5, 5.41) is 0.211. The Labute approximate surface area is 132 Å². The van der Waals surface area contributed by atoms with E-state index in [2.05, 4.69) is 33.9 Å². The molecule has 1 atom stereocenters. The first-order valence-electron chi connectivity index (χ1n) is 7.25. The fraction of sp³-hybridized carbons (Fsp3) is 0.857. The van der Waals surface area contributed by atoms with Gasteiger partial charge >= 0.3 is 6.09 Å². The van der Waals surface area contributed by atoms with Crippen LogP contribution in [0.1, 0.15) is 27.7 Å². The van der Waals surface area contributed by atoms with Gasteiger partial charge in [-0.25, -0.2) is 4.79 Å². The lowest BCUT2D eigenvalue weighted by atomic mass is 10.2. The van der Waals surface area contributed by atoms with Gasteiger partial charge in [0, 0.05) is 19.2 Å². The number of rotatable bonds is 6. The van der Waals surface area contributed by atoms with Crippen molar-refractivity contribution in [3.63, 3.8) is 0 Å². The van der Waals surface area contributed by atoms with Crippen molar-refractivity contribution in [2.24, 2.45) is 0 Å². The molecule has 0 spiro atoms. The average Bonchev–Trinajstić information content (AvgIpc) is 2.67. The molecule has 0 radical (unpaired) electrons. The number of carbonyl (C=O) groups is 2. The van der Waals surface area contributed by atoms with Crippen molar-refractivity contribution in [1.29, 1.82) is 0 Å². The molecule has 1 amide bonds. The van der Waals surface area contributed by atoms with Crippen molar-refractivity contribution in [3.8, 4) is 0 Å². The lowest BCUT2D eigenvalue weighted by Crippen LogP contribution is -2.46. The number of nitrogens with zero attached hydrogens (tertiary/aromatic N) is 1. The predicted molar refractivity (Wildman–Crippen MR) is 88.1 cm³/mol. The molecule has 0 aliphatic carbocycles. The highest BCUT2D eigenvalue weighted by Crippen LogP contribution is 2.36. The summed E-state index contributed by atoms with van der Waals surface area (Å²) >= 11 is 1.23. The summed E-state index contributed by atoms with van der Waals surface area (Å²) in [5.74, 6) is 0.598. The van der Waals surface area contributed by atoms with Gasteiger partial charge < -0.3 is 9.16 Å². The molecular weight excluding hydrogens is 306 g/mol. The van der Waals surface area contributed by atoms with E-state index in [1.807, 2.05) is 0 Å². The van der Waals surface area contributed by atoms with Gasteiger partial charge in [0.15, 0.2) is 13.4 Å². The number of hydrogen-bond donors (Lipinski definition) is 0. The van der Waals surface area contributed by atoms with Gasteiger partial charge in [0.2, 0.25) is 0 Å². The maximum absolute atomic E-state index is 11.7. The van der Waals surface area contributed by atoms with Gasteiger partial charge in [-0.3, -0.25) is 9.69 Å². The molecule has 1 rings (SSSR count). The third kappa shape index (κ3) is 5.30. The van der Waals surface area contributed by atoms with E-state index in [0.717, 1.165) is 0 Å². The minimum absolute atomic E-state index is 0.0424. The zero-order valence-corrected chi connectivity index (χ0v) is 15.7. The second kappa shape index (κ2) is 7.15. The van der Waals surface area contributed by atoms with Crippen LogP contribution in [0.3, 0.4) is 0 Å². The Morgan fingerprint density at radius 1 is 1.48 bits per heavy atom. The van der Waals surface area contributed by atoms with Crippen molar-refractivity contribution in [2.45, 2.75) is 51.9 Å². The fourth-order valence-electron chi connectivity index (χ4n) is 1.71. The molecule has 0 bridgehead atoms. The van der Waals surface area contributed by atoms with E-state index in [4.69, 9.17) is 9.16 Å². The molecule has 1 heterocycles. The molecular formula is C14H27NO4SSi. The Morgan fingerprint density at radius 3 is 2.62 bits per heavy atom. The summed E-state index contributed by atoms with van der Waals surface area (Å²) in [5.41, 5.74) is 0. The molecule has 0 N–H and O–H groups in total. The summed E-state index contributed by atoms with van der Waals surface area (Å²) < 4.78 is 11.3. The quantitative estimate of drug-likeness (QED) is 0.699. The molecule has 7 heteroatoms. The van der Waals surface area contributed by atoms with E-state index in [1.165, 1.54) is 18.7 Å². The van der Waals surface area contributed by atoms with E-state index in [0.29, 0.717) is 25.5 Å². The van der Waals surface area contributed by atoms with Crippen LogP contribution in [-0.4, -0.2) is 56.0 Å². The maximum atomic E-state index is 11.7. The Kier molecular flexibility index (Phi) is 6.31. The van der Waals surface area contributed by atoms with Crippen molar-refractivity contribution >= 4 is 31.3 Å². The zero-order valence-electron chi connectivity index (χ0n) is 13.9. The van der Waals surface area contributed by atoms with Crippen molar-refractivity contribution < 1.29 is 18.8 Å². The van der Waals surface area contributed by atoms with Gasteiger partial charge in [-0.05, 0) is 18.1 Å². The monoisotopic (exact) mass is 333 g/mol. The highest BCUT2D eigenvalue weighted by atomic mass is 32.2. The van der Waals surface area contributed by atoms with Crippen LogP contribution in [0.4, 0.5) is 4.79 Å². The number of amides is 1. The van der Waals surface area contributed by atoms with Crippen molar-refractivity contribution in [2.75, 3.05) is 25.5 Å². The van der Waals surface area contributed by atoms with Gasteiger partial charge in [-0.15, -0.1) is 0 Å². The first kappa shape index (κ1) is 18.5. The zero-order chi connectivity index (χ0) is 16.3. The second-order valence-electron chi connectivity index (χ2n) is 6.84. The molecule has 1 saturated heterocycles. The molecule has 5 nitrogen and oxygen atoms in total. The van der Waals surface area contributed by atoms with Gasteiger partial charge in [-0.1, -0.05) is 32.5 Å². The Morgan fingerprint density at radius 2 is 2.10 bits per heavy atom. The molecule has 1 aliphatic heterocycles. The van der Waals surface area contributed by atoms with Gasteiger partial charge in [0.25, 0.3) is 0 Å². The van der Waals surface area contributed by atoms with Crippen LogP contribution in [0.15, 0.2) is 0 Å². The smallest absolute Gasteiger partial charge is 0.410 e. The minimum Gasteiger partial charge on any atom is -0.447 e. The van der Waals surface area contributed by atoms with E-state index in [9.17, 15) is 9.59 Å². The van der Waals surface area contributed by atoms with Crippen LogP contribution in [0, 0.1) is 0 Å². The standard InChI is InChI=1S/C14H27NO4SSi/c1-11(16)20-8-7-15-12(9-18-13(15)17)10-19-21(5,6)14(2,3)4/h12H,7-10H2,1-6H3/t12-/m1/s1. The molecule has 122 valence electrons. The minimum atomic E-state index is -1.83. The van der Waals surface area contributed by atoms with Crippen LogP contribution in [0.5, 0.6) is 0 Å². The molecule has 21 heavy (non-hydrogen) atoms. The van der Waals surface area contributed by atoms with E-state index in [1.54, 1.807) is 4.90 Å². The third-order valence-electron chi connectivity index (χ3n) is 4.15. The van der Waals surface area contributed by atoms with E-state index >= 15 is 0 Å². The summed E-state index contributed by atoms with van der Waals surface area (Å²) in [6, 6.07) is -0.0424. The van der Waals surface area contributed by atoms with E-state index < -0.39 is 8.32 Å². The largest absolute Gasteiger partial charge is 0.447 e. The van der Waals surface area contributed by atoms with Crippen LogP contribution >= 0.6 is 11.8 Å². The Hall–Kier alpha value is -0.533. The summed E-state index contributed by atoms with van der Waals surface area (Å²) in [7, 11) is -1.83. The van der Waals surface area contributed by atoms with E-state index in [-0.39, 0.29) is 22.3 Å². The number of cyclic esters (lactones) is 1. The third-order valence-corrected chi connectivity index (χ3v) is 9.45. The molecule has 1 fully saturated rings. The molecule has 0 unspecified atom stereocenters. The van der Waals surface area contributed by atoms with Crippen molar-refractivity contribution in [3.05, 3.63) is 0 Å². The molecule has 0 aromatic rings. The fourth-order valence-corrected chi connectivity index (χ4v) is 3.33. The lowest BCUT2D eigenvalue weighted by Gasteiger charge is -2.37. The van der Waals surface area contributed by atoms with Crippen molar-refractivity contribution in [1.82, 2.24) is 4.90 Å². The summed E-state index contributed by atoms with van der Waals surface area (Å²) in [6.45, 7) is 13.9. The van der Waals surface area contributed by atoms with Crippen LogP contribution in [0.25, 0.3) is 0 Å². The first-order valence-corrected chi connectivity index (χ1v) is 11.1. The highest BCUT2D eigenvalue weighted by Gasteiger charge is 2.40. The Balaban J connectivity index is 2.53. The van der Waals surface area contributed by atoms with Crippen LogP contribution in [-0.2, 0) is 14.0 Å². The van der Waals surface area contributed by atoms with Gasteiger partial charge in [-0.2, -0.15) is 0 Å². The summed E-state index contributed by atoms with van der Waals surface area (Å²) in [4.78, 5) is 24.4. The second-order valence-corrected chi connectivity index (χ2v) is 12.9.